The molecule has 0 amide bonds. The first kappa shape index (κ1) is 8.03. The topological polar surface area (TPSA) is 39.9 Å². The maximum atomic E-state index is 13.1. The third-order valence-electron chi connectivity index (χ3n) is 1.60. The molecule has 0 aliphatic rings. The molecule has 2 rings (SSSR count). The van der Waals surface area contributed by atoms with Gasteiger partial charge in [0.15, 0.2) is 0 Å². The highest BCUT2D eigenvalue weighted by Gasteiger charge is 2.08. The van der Waals surface area contributed by atoms with Gasteiger partial charge in [-0.05, 0) is 28.1 Å². The molecule has 0 saturated carbocycles. The Bertz CT molecular complexity index is 599. The van der Waals surface area contributed by atoms with Crippen LogP contribution in [0.2, 0.25) is 5.02 Å². The molecule has 0 radical (unpaired) electrons. The number of ether oxygens (including phenoxy) is 1. The molecule has 1 aromatic heterocycles. The number of rotatable bonds is 2. The van der Waals surface area contributed by atoms with Crippen molar-refractivity contribution in [2.75, 3.05) is 0 Å². The number of halogens is 3. The average Bonchev–Trinajstić information content (AvgIpc) is 2.57. The lowest BCUT2D eigenvalue weighted by Gasteiger charge is -2.04. The quantitative estimate of drug-likeness (QED) is 0.855. The molecule has 0 unspecified atom stereocenters. The van der Waals surface area contributed by atoms with Crippen molar-refractivity contribution in [3.8, 4) is 11.8 Å². The molecule has 0 N–H and O–H groups in total. The molecule has 0 saturated heterocycles. The van der Waals surface area contributed by atoms with E-state index in [0.29, 0.717) is 4.68 Å². The van der Waals surface area contributed by atoms with Crippen molar-refractivity contribution < 1.29 is 13.2 Å². The second-order valence-corrected chi connectivity index (χ2v) is 3.93. The van der Waals surface area contributed by atoms with Gasteiger partial charge in [0.25, 0.3) is 0 Å². The summed E-state index contributed by atoms with van der Waals surface area (Å²) < 4.78 is 40.8. The summed E-state index contributed by atoms with van der Waals surface area (Å²) in [6.45, 7) is -2.56. The summed E-state index contributed by atoms with van der Waals surface area (Å²) >= 11 is 8.61. The van der Waals surface area contributed by atoms with Crippen molar-refractivity contribution in [3.63, 3.8) is 0 Å². The summed E-state index contributed by atoms with van der Waals surface area (Å²) in [6, 6.07) is 3.18. The van der Waals surface area contributed by atoms with Crippen LogP contribution in [0.5, 0.6) is 11.8 Å². The number of hydrogen-bond acceptors (Lipinski definition) is 3. The van der Waals surface area contributed by atoms with Gasteiger partial charge in [-0.1, -0.05) is 11.6 Å². The monoisotopic (exact) mass is 308 g/mol. The van der Waals surface area contributed by atoms with Crippen LogP contribution >= 0.6 is 27.5 Å². The van der Waals surface area contributed by atoms with Crippen LogP contribution in [0.3, 0.4) is 0 Å². The van der Waals surface area contributed by atoms with E-state index in [1.807, 2.05) is 0 Å². The minimum Gasteiger partial charge on any atom is -0.424 e. The van der Waals surface area contributed by atoms with Gasteiger partial charge in [0.2, 0.25) is 4.73 Å². The highest BCUT2D eigenvalue weighted by atomic mass is 79.9. The summed E-state index contributed by atoms with van der Waals surface area (Å²) in [5.41, 5.74) is 0. The molecule has 0 fully saturated rings. The minimum atomic E-state index is -2.56. The van der Waals surface area contributed by atoms with Crippen molar-refractivity contribution in [3.05, 3.63) is 33.8 Å². The van der Waals surface area contributed by atoms with Gasteiger partial charge in [0.1, 0.15) is 11.6 Å². The summed E-state index contributed by atoms with van der Waals surface area (Å²) in [4.78, 5) is 3.75. The lowest BCUT2D eigenvalue weighted by molar-refractivity contribution is 0.412. The molecular formula is C9H6BrClFN3O. The van der Waals surface area contributed by atoms with Crippen LogP contribution in [0.4, 0.5) is 4.39 Å². The maximum absolute atomic E-state index is 13.1. The fourth-order valence-corrected chi connectivity index (χ4v) is 1.55. The van der Waals surface area contributed by atoms with E-state index in [1.54, 1.807) is 0 Å². The van der Waals surface area contributed by atoms with Gasteiger partial charge in [0.05, 0.1) is 0 Å². The van der Waals surface area contributed by atoms with E-state index in [0.717, 1.165) is 12.1 Å². The number of aromatic nitrogens is 3. The second kappa shape index (κ2) is 4.39. The summed E-state index contributed by atoms with van der Waals surface area (Å²) in [5.74, 6) is -0.586. The van der Waals surface area contributed by atoms with E-state index < -0.39 is 12.8 Å². The predicted octanol–water partition coefficient (Wildman–Crippen LogP) is 3.16. The fourth-order valence-electron chi connectivity index (χ4n) is 1.03. The van der Waals surface area contributed by atoms with Gasteiger partial charge in [-0.25, -0.2) is 9.07 Å². The van der Waals surface area contributed by atoms with E-state index in [9.17, 15) is 4.39 Å². The molecule has 0 spiro atoms. The van der Waals surface area contributed by atoms with Crippen LogP contribution in [0.25, 0.3) is 0 Å². The fraction of sp³-hybridized carbons (Fsp3) is 0.111. The molecule has 2 aromatic rings. The van der Waals surface area contributed by atoms with Crippen molar-refractivity contribution in [2.45, 2.75) is 0 Å². The molecule has 0 bridgehead atoms. The molecule has 0 atom stereocenters. The minimum absolute atomic E-state index is 0.0235. The summed E-state index contributed by atoms with van der Waals surface area (Å²) in [7, 11) is 0. The van der Waals surface area contributed by atoms with Crippen molar-refractivity contribution in [1.82, 2.24) is 14.8 Å². The Hall–Kier alpha value is -1.14. The standard InChI is InChI=1S/C9H6BrClFN3O/c1-15-9(13-8(10)14-15)16-7-3-5(11)2-6(12)4-7/h2-4H,1H3/i1D3. The Labute approximate surface area is 108 Å². The predicted molar refractivity (Wildman–Crippen MR) is 60.2 cm³/mol. The Balaban J connectivity index is 2.38. The SMILES string of the molecule is [2H]C([2H])([2H])n1nc(Br)nc1Oc1cc(F)cc(Cl)c1. The number of hydrogen-bond donors (Lipinski definition) is 0. The van der Waals surface area contributed by atoms with Gasteiger partial charge < -0.3 is 4.74 Å². The second-order valence-electron chi connectivity index (χ2n) is 2.78. The third kappa shape index (κ3) is 2.51. The highest BCUT2D eigenvalue weighted by Crippen LogP contribution is 2.24. The molecule has 7 heteroatoms. The lowest BCUT2D eigenvalue weighted by Crippen LogP contribution is -1.96. The summed E-state index contributed by atoms with van der Waals surface area (Å²) in [6.07, 6.45) is 0. The van der Waals surface area contributed by atoms with Crippen molar-refractivity contribution in [2.24, 2.45) is 6.98 Å². The van der Waals surface area contributed by atoms with Crippen LogP contribution in [0.1, 0.15) is 4.11 Å². The first-order chi connectivity index (χ1) is 8.75. The molecule has 16 heavy (non-hydrogen) atoms. The van der Waals surface area contributed by atoms with Gasteiger partial charge >= 0.3 is 6.01 Å². The smallest absolute Gasteiger partial charge is 0.321 e. The van der Waals surface area contributed by atoms with Crippen molar-refractivity contribution in [1.29, 1.82) is 0 Å². The largest absolute Gasteiger partial charge is 0.424 e. The normalized spacial score (nSPS) is 14.1. The molecule has 0 aliphatic heterocycles. The van der Waals surface area contributed by atoms with Gasteiger partial charge in [0, 0.05) is 22.2 Å². The van der Waals surface area contributed by atoms with Crippen LogP contribution < -0.4 is 4.74 Å². The molecule has 84 valence electrons. The van der Waals surface area contributed by atoms with Gasteiger partial charge in [-0.3, -0.25) is 0 Å². The first-order valence-corrected chi connectivity index (χ1v) is 5.20. The molecule has 0 aliphatic carbocycles. The lowest BCUT2D eigenvalue weighted by atomic mass is 10.3. The molecule has 4 nitrogen and oxygen atoms in total. The van der Waals surface area contributed by atoms with Gasteiger partial charge in [-0.2, -0.15) is 4.98 Å². The Morgan fingerprint density at radius 3 is 3.06 bits per heavy atom. The molecular weight excluding hydrogens is 300 g/mol. The maximum Gasteiger partial charge on any atom is 0.321 e. The van der Waals surface area contributed by atoms with E-state index in [-0.39, 0.29) is 21.5 Å². The Morgan fingerprint density at radius 2 is 2.38 bits per heavy atom. The van der Waals surface area contributed by atoms with E-state index in [2.05, 4.69) is 26.0 Å². The van der Waals surface area contributed by atoms with Crippen molar-refractivity contribution >= 4 is 27.5 Å². The number of nitrogens with zero attached hydrogens (tertiary/aromatic N) is 3. The zero-order valence-corrected chi connectivity index (χ0v) is 9.96. The molecule has 1 aromatic carbocycles. The number of aryl methyl sites for hydroxylation is 1. The van der Waals surface area contributed by atoms with Gasteiger partial charge in [-0.15, -0.1) is 5.10 Å². The zero-order chi connectivity index (χ0) is 14.2. The Kier molecular flexibility index (Phi) is 2.20. The van der Waals surface area contributed by atoms with E-state index in [1.165, 1.54) is 6.07 Å². The summed E-state index contributed by atoms with van der Waals surface area (Å²) in [5, 5.41) is 3.75. The van der Waals surface area contributed by atoms with Crippen LogP contribution in [-0.4, -0.2) is 14.8 Å². The average molecular weight is 310 g/mol. The van der Waals surface area contributed by atoms with E-state index >= 15 is 0 Å². The van der Waals surface area contributed by atoms with Crippen LogP contribution in [-0.2, 0) is 6.98 Å². The van der Waals surface area contributed by atoms with E-state index in [4.69, 9.17) is 20.5 Å². The first-order valence-electron chi connectivity index (χ1n) is 5.53. The third-order valence-corrected chi connectivity index (χ3v) is 2.15. The zero-order valence-electron chi connectivity index (χ0n) is 10.6. The number of benzene rings is 1. The van der Waals surface area contributed by atoms with Crippen LogP contribution in [0.15, 0.2) is 22.9 Å². The van der Waals surface area contributed by atoms with Crippen LogP contribution in [0, 0.1) is 5.82 Å². The highest BCUT2D eigenvalue weighted by molar-refractivity contribution is 9.10. The molecule has 1 heterocycles. The Morgan fingerprint density at radius 1 is 1.56 bits per heavy atom.